The van der Waals surface area contributed by atoms with Crippen LogP contribution < -0.4 is 0 Å². The van der Waals surface area contributed by atoms with Crippen LogP contribution in [0.1, 0.15) is 59.3 Å². The minimum atomic E-state index is 0.298. The van der Waals surface area contributed by atoms with Gasteiger partial charge in [-0.1, -0.05) is 20.8 Å². The highest BCUT2D eigenvalue weighted by atomic mass is 16.2. The van der Waals surface area contributed by atoms with Crippen LogP contribution in [0.3, 0.4) is 0 Å². The van der Waals surface area contributed by atoms with Gasteiger partial charge in [0.2, 0.25) is 5.91 Å². The monoisotopic (exact) mass is 225 g/mol. The van der Waals surface area contributed by atoms with E-state index in [1.54, 1.807) is 0 Å². The number of amides is 1. The van der Waals surface area contributed by atoms with E-state index in [1.165, 1.54) is 32.1 Å². The standard InChI is InChI=1S/C14H27NO/c1-5-14(16)15(4)13-8-6-12(7-9-13)10-11(2)3/h11-13H,5-10H2,1-4H3. The third-order valence-electron chi connectivity index (χ3n) is 3.86. The van der Waals surface area contributed by atoms with Crippen LogP contribution in [-0.4, -0.2) is 23.9 Å². The zero-order valence-corrected chi connectivity index (χ0v) is 11.3. The predicted molar refractivity (Wildman–Crippen MR) is 68.3 cm³/mol. The van der Waals surface area contributed by atoms with Gasteiger partial charge in [0.1, 0.15) is 0 Å². The highest BCUT2D eigenvalue weighted by Gasteiger charge is 2.25. The lowest BCUT2D eigenvalue weighted by molar-refractivity contribution is -0.132. The maximum Gasteiger partial charge on any atom is 0.222 e. The van der Waals surface area contributed by atoms with Gasteiger partial charge in [-0.15, -0.1) is 0 Å². The molecule has 0 saturated heterocycles. The first-order chi connectivity index (χ1) is 7.54. The number of hydrogen-bond acceptors (Lipinski definition) is 1. The third-order valence-corrected chi connectivity index (χ3v) is 3.86. The topological polar surface area (TPSA) is 20.3 Å². The summed E-state index contributed by atoms with van der Waals surface area (Å²) in [5.41, 5.74) is 0. The Bertz CT molecular complexity index is 217. The molecule has 16 heavy (non-hydrogen) atoms. The smallest absolute Gasteiger partial charge is 0.222 e. The van der Waals surface area contributed by atoms with Crippen LogP contribution in [0.5, 0.6) is 0 Å². The fraction of sp³-hybridized carbons (Fsp3) is 0.929. The molecule has 1 amide bonds. The van der Waals surface area contributed by atoms with Crippen molar-refractivity contribution >= 4 is 5.91 Å². The van der Waals surface area contributed by atoms with Crippen LogP contribution >= 0.6 is 0 Å². The van der Waals surface area contributed by atoms with Crippen molar-refractivity contribution in [3.8, 4) is 0 Å². The van der Waals surface area contributed by atoms with Gasteiger partial charge in [-0.3, -0.25) is 4.79 Å². The third kappa shape index (κ3) is 3.80. The van der Waals surface area contributed by atoms with Crippen LogP contribution in [0.4, 0.5) is 0 Å². The molecule has 0 unspecified atom stereocenters. The SMILES string of the molecule is CCC(=O)N(C)C1CCC(CC(C)C)CC1. The maximum atomic E-state index is 11.6. The van der Waals surface area contributed by atoms with Crippen molar-refractivity contribution in [1.29, 1.82) is 0 Å². The van der Waals surface area contributed by atoms with Gasteiger partial charge in [-0.2, -0.15) is 0 Å². The van der Waals surface area contributed by atoms with Crippen LogP contribution in [0.2, 0.25) is 0 Å². The van der Waals surface area contributed by atoms with E-state index < -0.39 is 0 Å². The number of rotatable bonds is 4. The molecule has 0 aromatic rings. The first kappa shape index (κ1) is 13.5. The second-order valence-electron chi connectivity index (χ2n) is 5.66. The summed E-state index contributed by atoms with van der Waals surface area (Å²) >= 11 is 0. The summed E-state index contributed by atoms with van der Waals surface area (Å²) < 4.78 is 0. The molecule has 0 aromatic heterocycles. The molecule has 0 aromatic carbocycles. The van der Waals surface area contributed by atoms with Crippen LogP contribution in [-0.2, 0) is 4.79 Å². The Kier molecular flexibility index (Phi) is 5.30. The number of carbonyl (C=O) groups excluding carboxylic acids is 1. The van der Waals surface area contributed by atoms with Crippen LogP contribution in [0.25, 0.3) is 0 Å². The normalized spacial score (nSPS) is 25.8. The molecule has 2 heteroatoms. The van der Waals surface area contributed by atoms with Crippen molar-refractivity contribution in [2.75, 3.05) is 7.05 Å². The van der Waals surface area contributed by atoms with Crippen LogP contribution in [0, 0.1) is 11.8 Å². The molecule has 0 heterocycles. The molecular weight excluding hydrogens is 198 g/mol. The van der Waals surface area contributed by atoms with E-state index in [1.807, 2.05) is 18.9 Å². The molecule has 1 fully saturated rings. The Balaban J connectivity index is 2.34. The van der Waals surface area contributed by atoms with E-state index in [-0.39, 0.29) is 0 Å². The summed E-state index contributed by atoms with van der Waals surface area (Å²) in [7, 11) is 1.97. The van der Waals surface area contributed by atoms with Crippen LogP contribution in [0.15, 0.2) is 0 Å². The molecule has 0 radical (unpaired) electrons. The van der Waals surface area contributed by atoms with Gasteiger partial charge in [0.25, 0.3) is 0 Å². The van der Waals surface area contributed by atoms with Crippen molar-refractivity contribution in [1.82, 2.24) is 4.90 Å². The molecule has 1 aliphatic rings. The predicted octanol–water partition coefficient (Wildman–Crippen LogP) is 3.46. The first-order valence-corrected chi connectivity index (χ1v) is 6.80. The van der Waals surface area contributed by atoms with Gasteiger partial charge in [-0.25, -0.2) is 0 Å². The lowest BCUT2D eigenvalue weighted by atomic mass is 9.81. The van der Waals surface area contributed by atoms with Gasteiger partial charge in [0, 0.05) is 19.5 Å². The highest BCUT2D eigenvalue weighted by molar-refractivity contribution is 5.75. The van der Waals surface area contributed by atoms with Crippen molar-refractivity contribution in [3.63, 3.8) is 0 Å². The molecule has 2 nitrogen and oxygen atoms in total. The number of hydrogen-bond donors (Lipinski definition) is 0. The van der Waals surface area contributed by atoms with E-state index in [0.717, 1.165) is 11.8 Å². The fourth-order valence-corrected chi connectivity index (χ4v) is 2.89. The second-order valence-corrected chi connectivity index (χ2v) is 5.66. The Morgan fingerprint density at radius 2 is 1.81 bits per heavy atom. The molecule has 0 aliphatic heterocycles. The Hall–Kier alpha value is -0.530. The van der Waals surface area contributed by atoms with E-state index in [9.17, 15) is 4.79 Å². The van der Waals surface area contributed by atoms with E-state index in [2.05, 4.69) is 13.8 Å². The first-order valence-electron chi connectivity index (χ1n) is 6.80. The summed E-state index contributed by atoms with van der Waals surface area (Å²) in [6, 6.07) is 0.510. The summed E-state index contributed by atoms with van der Waals surface area (Å²) in [5.74, 6) is 2.02. The van der Waals surface area contributed by atoms with Gasteiger partial charge >= 0.3 is 0 Å². The van der Waals surface area contributed by atoms with Gasteiger partial charge in [0.05, 0.1) is 0 Å². The Morgan fingerprint density at radius 1 is 1.25 bits per heavy atom. The molecule has 0 bridgehead atoms. The molecule has 94 valence electrons. The summed E-state index contributed by atoms with van der Waals surface area (Å²) in [6.07, 6.45) is 7.04. The van der Waals surface area contributed by atoms with Crippen molar-refractivity contribution in [3.05, 3.63) is 0 Å². The van der Waals surface area contributed by atoms with Crippen molar-refractivity contribution in [2.24, 2.45) is 11.8 Å². The number of carbonyl (C=O) groups is 1. The molecule has 1 saturated carbocycles. The molecule has 1 aliphatic carbocycles. The molecule has 0 N–H and O–H groups in total. The lowest BCUT2D eigenvalue weighted by Gasteiger charge is -2.35. The van der Waals surface area contributed by atoms with Gasteiger partial charge < -0.3 is 4.90 Å². The second kappa shape index (κ2) is 6.27. The maximum absolute atomic E-state index is 11.6. The fourth-order valence-electron chi connectivity index (χ4n) is 2.89. The average Bonchev–Trinajstić information content (AvgIpc) is 2.27. The zero-order valence-electron chi connectivity index (χ0n) is 11.3. The summed E-state index contributed by atoms with van der Waals surface area (Å²) in [4.78, 5) is 13.6. The van der Waals surface area contributed by atoms with E-state index in [4.69, 9.17) is 0 Å². The molecule has 1 rings (SSSR count). The highest BCUT2D eigenvalue weighted by Crippen LogP contribution is 2.31. The summed E-state index contributed by atoms with van der Waals surface area (Å²) in [5, 5.41) is 0. The molecular formula is C14H27NO. The Morgan fingerprint density at radius 3 is 2.25 bits per heavy atom. The van der Waals surface area contributed by atoms with Crippen molar-refractivity contribution in [2.45, 2.75) is 65.3 Å². The minimum Gasteiger partial charge on any atom is -0.343 e. The van der Waals surface area contributed by atoms with Crippen molar-refractivity contribution < 1.29 is 4.79 Å². The average molecular weight is 225 g/mol. The quantitative estimate of drug-likeness (QED) is 0.717. The zero-order chi connectivity index (χ0) is 12.1. The number of nitrogens with zero attached hydrogens (tertiary/aromatic N) is 1. The molecule has 0 atom stereocenters. The minimum absolute atomic E-state index is 0.298. The molecule has 0 spiro atoms. The van der Waals surface area contributed by atoms with Gasteiger partial charge in [0.15, 0.2) is 0 Å². The Labute approximate surface area is 100 Å². The van der Waals surface area contributed by atoms with Gasteiger partial charge in [-0.05, 0) is 43.9 Å². The summed E-state index contributed by atoms with van der Waals surface area (Å²) in [6.45, 7) is 6.56. The van der Waals surface area contributed by atoms with E-state index in [0.29, 0.717) is 18.4 Å². The largest absolute Gasteiger partial charge is 0.343 e. The lowest BCUT2D eigenvalue weighted by Crippen LogP contribution is -2.39. The van der Waals surface area contributed by atoms with E-state index >= 15 is 0 Å².